The van der Waals surface area contributed by atoms with Crippen molar-refractivity contribution in [1.29, 1.82) is 0 Å². The predicted octanol–water partition coefficient (Wildman–Crippen LogP) is 3.95. The Balaban J connectivity index is 1.70. The molecule has 0 saturated carbocycles. The molecule has 7 atom stereocenters. The maximum atomic E-state index is 12.4. The van der Waals surface area contributed by atoms with Crippen molar-refractivity contribution in [1.82, 2.24) is 0 Å². The van der Waals surface area contributed by atoms with E-state index in [1.54, 1.807) is 0 Å². The average molecular weight is 391 g/mol. The Hall–Kier alpha value is -1.62. The predicted molar refractivity (Wildman–Crippen MR) is 106 cm³/mol. The molecule has 0 bridgehead atoms. The largest absolute Gasteiger partial charge is 0.462 e. The third kappa shape index (κ3) is 4.86. The molecule has 5 nitrogen and oxygen atoms in total. The highest BCUT2D eigenvalue weighted by molar-refractivity contribution is 5.72. The van der Waals surface area contributed by atoms with Gasteiger partial charge in [0.25, 0.3) is 0 Å². The molecule has 2 aliphatic carbocycles. The summed E-state index contributed by atoms with van der Waals surface area (Å²) in [6.07, 6.45) is 10.6. The zero-order valence-corrected chi connectivity index (χ0v) is 17.3. The third-order valence-corrected chi connectivity index (χ3v) is 6.69. The summed E-state index contributed by atoms with van der Waals surface area (Å²) in [6.45, 7) is 6.14. The molecule has 28 heavy (non-hydrogen) atoms. The zero-order valence-electron chi connectivity index (χ0n) is 17.3. The maximum absolute atomic E-state index is 12.4. The summed E-state index contributed by atoms with van der Waals surface area (Å²) in [5.41, 5.74) is 1.27. The first-order chi connectivity index (χ1) is 13.4. The molecule has 1 saturated heterocycles. The number of fused-ring (bicyclic) bond motifs is 1. The minimum atomic E-state index is -0.593. The van der Waals surface area contributed by atoms with Gasteiger partial charge in [-0.1, -0.05) is 39.0 Å². The van der Waals surface area contributed by atoms with Crippen LogP contribution in [-0.2, 0) is 19.1 Å². The van der Waals surface area contributed by atoms with Crippen LogP contribution in [0.2, 0.25) is 0 Å². The summed E-state index contributed by atoms with van der Waals surface area (Å²) in [4.78, 5) is 24.1. The zero-order chi connectivity index (χ0) is 20.3. The van der Waals surface area contributed by atoms with Gasteiger partial charge in [0.2, 0.25) is 0 Å². The number of rotatable bonds is 6. The standard InChI is InChI=1S/C23H34O5/c1-4-14(2)23(26)28-20-7-5-6-16-9-8-15(3)19(22(16)20)11-10-18-12-17(24)13-21(25)27-18/h6,8-9,14-15,17-20,22,24H,4-5,7,10-13H2,1-3H3/t14-,15-,17-,18-,19-,20-,22?/m0/s1. The Kier molecular flexibility index (Phi) is 6.97. The first-order valence-electron chi connectivity index (χ1n) is 10.8. The van der Waals surface area contributed by atoms with Gasteiger partial charge < -0.3 is 14.6 Å². The Labute approximate surface area is 168 Å². The Bertz CT molecular complexity index is 637. The fourth-order valence-electron chi connectivity index (χ4n) is 4.80. The minimum Gasteiger partial charge on any atom is -0.462 e. The van der Waals surface area contributed by atoms with Crippen LogP contribution in [0.1, 0.15) is 65.7 Å². The molecule has 0 amide bonds. The molecular formula is C23H34O5. The average Bonchev–Trinajstić information content (AvgIpc) is 2.66. The second kappa shape index (κ2) is 9.25. The topological polar surface area (TPSA) is 72.8 Å². The molecule has 1 aliphatic heterocycles. The van der Waals surface area contributed by atoms with Crippen LogP contribution in [0.4, 0.5) is 0 Å². The van der Waals surface area contributed by atoms with Gasteiger partial charge in [0.15, 0.2) is 0 Å². The van der Waals surface area contributed by atoms with Gasteiger partial charge in [-0.3, -0.25) is 9.59 Å². The second-order valence-corrected chi connectivity index (χ2v) is 8.76. The Morgan fingerprint density at radius 2 is 2.18 bits per heavy atom. The van der Waals surface area contributed by atoms with E-state index in [9.17, 15) is 14.7 Å². The minimum absolute atomic E-state index is 0.0764. The molecule has 0 spiro atoms. The molecule has 0 radical (unpaired) electrons. The number of esters is 2. The fraction of sp³-hybridized carbons (Fsp3) is 0.739. The molecule has 1 heterocycles. The highest BCUT2D eigenvalue weighted by Gasteiger charge is 2.40. The van der Waals surface area contributed by atoms with Crippen molar-refractivity contribution < 1.29 is 24.2 Å². The monoisotopic (exact) mass is 390 g/mol. The lowest BCUT2D eigenvalue weighted by Gasteiger charge is -2.42. The maximum Gasteiger partial charge on any atom is 0.308 e. The molecule has 1 N–H and O–H groups in total. The second-order valence-electron chi connectivity index (χ2n) is 8.76. The number of carbonyl (C=O) groups is 2. The lowest BCUT2D eigenvalue weighted by Crippen LogP contribution is -2.40. The first kappa shape index (κ1) is 21.1. The molecule has 156 valence electrons. The number of aliphatic hydroxyl groups excluding tert-OH is 1. The van der Waals surface area contributed by atoms with Gasteiger partial charge >= 0.3 is 11.9 Å². The normalized spacial score (nSPS) is 36.1. The van der Waals surface area contributed by atoms with Gasteiger partial charge in [0, 0.05) is 12.3 Å². The lowest BCUT2D eigenvalue weighted by atomic mass is 9.66. The quantitative estimate of drug-likeness (QED) is 0.695. The van der Waals surface area contributed by atoms with E-state index in [1.807, 2.05) is 13.8 Å². The SMILES string of the molecule is CC[C@H](C)C(=O)O[C@H]1CCC=C2C=C[C@H](C)[C@H](CC[C@H]3C[C@H](O)CC(=O)O3)C21. The van der Waals surface area contributed by atoms with Gasteiger partial charge in [-0.05, 0) is 49.5 Å². The van der Waals surface area contributed by atoms with E-state index >= 15 is 0 Å². The lowest BCUT2D eigenvalue weighted by molar-refractivity contribution is -0.162. The van der Waals surface area contributed by atoms with E-state index in [0.29, 0.717) is 18.3 Å². The molecule has 0 aromatic carbocycles. The number of allylic oxidation sites excluding steroid dienone is 3. The Morgan fingerprint density at radius 3 is 2.89 bits per heavy atom. The molecule has 1 unspecified atom stereocenters. The molecule has 3 aliphatic rings. The third-order valence-electron chi connectivity index (χ3n) is 6.69. The van der Waals surface area contributed by atoms with E-state index in [-0.39, 0.29) is 42.4 Å². The highest BCUT2D eigenvalue weighted by Crippen LogP contribution is 2.44. The summed E-state index contributed by atoms with van der Waals surface area (Å²) >= 11 is 0. The summed E-state index contributed by atoms with van der Waals surface area (Å²) in [5, 5.41) is 9.86. The van der Waals surface area contributed by atoms with Crippen LogP contribution in [0.5, 0.6) is 0 Å². The van der Waals surface area contributed by atoms with Crippen molar-refractivity contribution in [3.05, 3.63) is 23.8 Å². The Morgan fingerprint density at radius 1 is 1.39 bits per heavy atom. The highest BCUT2D eigenvalue weighted by atomic mass is 16.5. The van der Waals surface area contributed by atoms with Crippen LogP contribution in [-0.4, -0.2) is 35.4 Å². The first-order valence-corrected chi connectivity index (χ1v) is 10.8. The molecule has 5 heteroatoms. The van der Waals surface area contributed by atoms with Crippen molar-refractivity contribution in [2.45, 2.75) is 84.0 Å². The molecule has 3 rings (SSSR count). The van der Waals surface area contributed by atoms with Crippen LogP contribution >= 0.6 is 0 Å². The van der Waals surface area contributed by atoms with E-state index in [1.165, 1.54) is 5.57 Å². The van der Waals surface area contributed by atoms with E-state index < -0.39 is 6.10 Å². The van der Waals surface area contributed by atoms with Crippen LogP contribution in [0.3, 0.4) is 0 Å². The number of hydrogen-bond donors (Lipinski definition) is 1. The van der Waals surface area contributed by atoms with Gasteiger partial charge in [0.1, 0.15) is 12.2 Å². The van der Waals surface area contributed by atoms with Crippen molar-refractivity contribution >= 4 is 11.9 Å². The smallest absolute Gasteiger partial charge is 0.308 e. The van der Waals surface area contributed by atoms with E-state index in [4.69, 9.17) is 9.47 Å². The van der Waals surface area contributed by atoms with Crippen molar-refractivity contribution in [2.24, 2.45) is 23.7 Å². The van der Waals surface area contributed by atoms with E-state index in [0.717, 1.165) is 32.1 Å². The van der Waals surface area contributed by atoms with Gasteiger partial charge in [0.05, 0.1) is 18.4 Å². The fourth-order valence-corrected chi connectivity index (χ4v) is 4.80. The number of carbonyl (C=O) groups excluding carboxylic acids is 2. The molecular weight excluding hydrogens is 356 g/mol. The van der Waals surface area contributed by atoms with Crippen LogP contribution in [0.15, 0.2) is 23.8 Å². The molecule has 0 aromatic rings. The van der Waals surface area contributed by atoms with Crippen LogP contribution < -0.4 is 0 Å². The summed E-state index contributed by atoms with van der Waals surface area (Å²) in [5.74, 6) is 0.426. The van der Waals surface area contributed by atoms with Crippen LogP contribution in [0.25, 0.3) is 0 Å². The van der Waals surface area contributed by atoms with Gasteiger partial charge in [-0.15, -0.1) is 0 Å². The van der Waals surface area contributed by atoms with Gasteiger partial charge in [-0.25, -0.2) is 0 Å². The van der Waals surface area contributed by atoms with Crippen molar-refractivity contribution in [3.63, 3.8) is 0 Å². The van der Waals surface area contributed by atoms with Crippen molar-refractivity contribution in [2.75, 3.05) is 0 Å². The summed E-state index contributed by atoms with van der Waals surface area (Å²) < 4.78 is 11.4. The van der Waals surface area contributed by atoms with E-state index in [2.05, 4.69) is 25.2 Å². The number of cyclic esters (lactones) is 1. The number of aliphatic hydroxyl groups is 1. The van der Waals surface area contributed by atoms with Gasteiger partial charge in [-0.2, -0.15) is 0 Å². The number of ether oxygens (including phenoxy) is 2. The molecule has 1 fully saturated rings. The van der Waals surface area contributed by atoms with Crippen molar-refractivity contribution in [3.8, 4) is 0 Å². The summed E-state index contributed by atoms with van der Waals surface area (Å²) in [6, 6.07) is 0. The number of hydrogen-bond acceptors (Lipinski definition) is 5. The molecule has 0 aromatic heterocycles. The van der Waals surface area contributed by atoms with Crippen LogP contribution in [0, 0.1) is 23.7 Å². The summed E-state index contributed by atoms with van der Waals surface area (Å²) in [7, 11) is 0.